The number of hydrogen-bond acceptors (Lipinski definition) is 3. The lowest BCUT2D eigenvalue weighted by Crippen LogP contribution is -1.90. The molecule has 3 nitrogen and oxygen atoms in total. The molecule has 0 aliphatic carbocycles. The Kier molecular flexibility index (Phi) is 6.16. The smallest absolute Gasteiger partial charge is 0.164 e. The number of benzene rings is 1. The zero-order valence-electron chi connectivity index (χ0n) is 12.7. The lowest BCUT2D eigenvalue weighted by atomic mass is 10.0. The van der Waals surface area contributed by atoms with Gasteiger partial charge in [0, 0.05) is 11.6 Å². The highest BCUT2D eigenvalue weighted by atomic mass is 16.5. The molecular weight excluding hydrogens is 252 g/mol. The fourth-order valence-electron chi connectivity index (χ4n) is 1.94. The van der Waals surface area contributed by atoms with Crippen molar-refractivity contribution >= 4 is 0 Å². The van der Waals surface area contributed by atoms with Gasteiger partial charge in [-0.1, -0.05) is 23.3 Å². The van der Waals surface area contributed by atoms with Crippen LogP contribution in [0.15, 0.2) is 35.4 Å². The van der Waals surface area contributed by atoms with Crippen molar-refractivity contribution in [1.82, 2.24) is 0 Å². The van der Waals surface area contributed by atoms with E-state index in [1.165, 1.54) is 24.3 Å². The lowest BCUT2D eigenvalue weighted by Gasteiger charge is -2.09. The van der Waals surface area contributed by atoms with Crippen LogP contribution in [0.3, 0.4) is 0 Å². The molecule has 0 bridgehead atoms. The minimum absolute atomic E-state index is 0.0960. The second-order valence-electron chi connectivity index (χ2n) is 5.23. The van der Waals surface area contributed by atoms with Crippen LogP contribution in [0.5, 0.6) is 17.2 Å². The molecule has 0 aliphatic heterocycles. The van der Waals surface area contributed by atoms with Gasteiger partial charge in [-0.15, -0.1) is 0 Å². The maximum atomic E-state index is 10.0. The third-order valence-corrected chi connectivity index (χ3v) is 3.12. The van der Waals surface area contributed by atoms with E-state index in [-0.39, 0.29) is 11.5 Å². The predicted octanol–water partition coefficient (Wildman–Crippen LogP) is 4.34. The summed E-state index contributed by atoms with van der Waals surface area (Å²) in [7, 11) is 1.47. The van der Waals surface area contributed by atoms with E-state index < -0.39 is 0 Å². The normalized spacial score (nSPS) is 11.3. The van der Waals surface area contributed by atoms with Gasteiger partial charge < -0.3 is 14.9 Å². The Morgan fingerprint density at radius 2 is 1.85 bits per heavy atom. The van der Waals surface area contributed by atoms with Crippen LogP contribution < -0.4 is 4.74 Å². The third-order valence-electron chi connectivity index (χ3n) is 3.12. The Labute approximate surface area is 121 Å². The summed E-state index contributed by atoms with van der Waals surface area (Å²) in [5.41, 5.74) is 3.26. The SMILES string of the molecule is COc1cc(O)cc(C/C=C(\C)CCC=C(C)C)c1O. The zero-order valence-corrected chi connectivity index (χ0v) is 12.7. The Hall–Kier alpha value is -1.90. The maximum Gasteiger partial charge on any atom is 0.164 e. The number of hydrogen-bond donors (Lipinski definition) is 2. The van der Waals surface area contributed by atoms with E-state index in [1.54, 1.807) is 6.07 Å². The molecule has 0 unspecified atom stereocenters. The van der Waals surface area contributed by atoms with Crippen LogP contribution in [0.25, 0.3) is 0 Å². The van der Waals surface area contributed by atoms with Crippen LogP contribution in [-0.2, 0) is 6.42 Å². The summed E-state index contributed by atoms with van der Waals surface area (Å²) in [6, 6.07) is 2.97. The minimum atomic E-state index is 0.0960. The molecule has 0 aromatic heterocycles. The first kappa shape index (κ1) is 16.2. The molecule has 1 aromatic carbocycles. The molecule has 0 saturated heterocycles. The molecule has 0 spiro atoms. The molecule has 0 fully saturated rings. The summed E-state index contributed by atoms with van der Waals surface area (Å²) in [6.07, 6.45) is 6.90. The number of aromatic hydroxyl groups is 2. The Bertz CT molecular complexity index is 509. The largest absolute Gasteiger partial charge is 0.508 e. The molecule has 1 rings (SSSR count). The van der Waals surface area contributed by atoms with Crippen LogP contribution in [0.1, 0.15) is 39.2 Å². The number of rotatable bonds is 6. The van der Waals surface area contributed by atoms with E-state index in [0.29, 0.717) is 17.7 Å². The van der Waals surface area contributed by atoms with E-state index in [0.717, 1.165) is 12.8 Å². The number of allylic oxidation sites excluding steroid dienone is 4. The predicted molar refractivity (Wildman–Crippen MR) is 82.4 cm³/mol. The molecule has 0 radical (unpaired) electrons. The van der Waals surface area contributed by atoms with Crippen LogP contribution in [-0.4, -0.2) is 17.3 Å². The fourth-order valence-corrected chi connectivity index (χ4v) is 1.94. The van der Waals surface area contributed by atoms with E-state index >= 15 is 0 Å². The van der Waals surface area contributed by atoms with Crippen molar-refractivity contribution in [3.63, 3.8) is 0 Å². The lowest BCUT2D eigenvalue weighted by molar-refractivity contribution is 0.366. The van der Waals surface area contributed by atoms with Gasteiger partial charge in [-0.05, 0) is 46.1 Å². The second-order valence-corrected chi connectivity index (χ2v) is 5.23. The molecular formula is C17H24O3. The first-order valence-electron chi connectivity index (χ1n) is 6.82. The van der Waals surface area contributed by atoms with Crippen molar-refractivity contribution in [3.8, 4) is 17.2 Å². The van der Waals surface area contributed by atoms with Gasteiger partial charge in [-0.25, -0.2) is 0 Å². The summed E-state index contributed by atoms with van der Waals surface area (Å²) in [4.78, 5) is 0. The summed E-state index contributed by atoms with van der Waals surface area (Å²) in [5.74, 6) is 0.500. The molecule has 20 heavy (non-hydrogen) atoms. The molecule has 0 heterocycles. The number of ether oxygens (including phenoxy) is 1. The van der Waals surface area contributed by atoms with Gasteiger partial charge in [-0.2, -0.15) is 0 Å². The highest BCUT2D eigenvalue weighted by Crippen LogP contribution is 2.34. The monoisotopic (exact) mass is 276 g/mol. The van der Waals surface area contributed by atoms with Crippen LogP contribution in [0.4, 0.5) is 0 Å². The first-order chi connectivity index (χ1) is 9.43. The molecule has 0 atom stereocenters. The van der Waals surface area contributed by atoms with E-state index in [1.807, 2.05) is 0 Å². The van der Waals surface area contributed by atoms with Gasteiger partial charge in [0.05, 0.1) is 7.11 Å². The minimum Gasteiger partial charge on any atom is -0.508 e. The highest BCUT2D eigenvalue weighted by molar-refractivity contribution is 5.51. The van der Waals surface area contributed by atoms with Crippen molar-refractivity contribution < 1.29 is 14.9 Å². The average molecular weight is 276 g/mol. The molecule has 0 saturated carbocycles. The van der Waals surface area contributed by atoms with Crippen LogP contribution in [0.2, 0.25) is 0 Å². The summed E-state index contributed by atoms with van der Waals surface area (Å²) in [5, 5.41) is 19.6. The summed E-state index contributed by atoms with van der Waals surface area (Å²) >= 11 is 0. The molecule has 0 aliphatic rings. The fraction of sp³-hybridized carbons (Fsp3) is 0.412. The van der Waals surface area contributed by atoms with Gasteiger partial charge in [0.1, 0.15) is 5.75 Å². The Balaban J connectivity index is 2.73. The van der Waals surface area contributed by atoms with Crippen LogP contribution >= 0.6 is 0 Å². The number of phenolic OH excluding ortho intramolecular Hbond substituents is 2. The van der Waals surface area contributed by atoms with Crippen molar-refractivity contribution in [3.05, 3.63) is 41.0 Å². The molecule has 3 heteroatoms. The van der Waals surface area contributed by atoms with Gasteiger partial charge in [0.2, 0.25) is 0 Å². The van der Waals surface area contributed by atoms with Crippen molar-refractivity contribution in [1.29, 1.82) is 0 Å². The Morgan fingerprint density at radius 1 is 1.15 bits per heavy atom. The molecule has 110 valence electrons. The molecule has 1 aromatic rings. The third kappa shape index (κ3) is 5.00. The van der Waals surface area contributed by atoms with Gasteiger partial charge in [0.15, 0.2) is 11.5 Å². The van der Waals surface area contributed by atoms with Crippen molar-refractivity contribution in [2.75, 3.05) is 7.11 Å². The topological polar surface area (TPSA) is 49.7 Å². The van der Waals surface area contributed by atoms with Gasteiger partial charge in [0.25, 0.3) is 0 Å². The van der Waals surface area contributed by atoms with Gasteiger partial charge >= 0.3 is 0 Å². The van der Waals surface area contributed by atoms with Crippen molar-refractivity contribution in [2.45, 2.75) is 40.0 Å². The van der Waals surface area contributed by atoms with Crippen molar-refractivity contribution in [2.24, 2.45) is 0 Å². The second kappa shape index (κ2) is 7.63. The zero-order chi connectivity index (χ0) is 15.1. The highest BCUT2D eigenvalue weighted by Gasteiger charge is 2.09. The van der Waals surface area contributed by atoms with E-state index in [4.69, 9.17) is 4.74 Å². The van der Waals surface area contributed by atoms with Crippen LogP contribution in [0, 0.1) is 0 Å². The Morgan fingerprint density at radius 3 is 2.45 bits per heavy atom. The first-order valence-corrected chi connectivity index (χ1v) is 6.82. The maximum absolute atomic E-state index is 10.0. The molecule has 0 amide bonds. The van der Waals surface area contributed by atoms with E-state index in [9.17, 15) is 10.2 Å². The summed E-state index contributed by atoms with van der Waals surface area (Å²) in [6.45, 7) is 6.27. The summed E-state index contributed by atoms with van der Waals surface area (Å²) < 4.78 is 5.03. The number of methoxy groups -OCH3 is 1. The standard InChI is InChI=1S/C17H24O3/c1-12(2)6-5-7-13(3)8-9-14-10-15(18)11-16(20-4)17(14)19/h6,8,10-11,18-19H,5,7,9H2,1-4H3/b13-8+. The van der Waals surface area contributed by atoms with E-state index in [2.05, 4.69) is 32.9 Å². The quantitative estimate of drug-likeness (QED) is 0.600. The van der Waals surface area contributed by atoms with Gasteiger partial charge in [-0.3, -0.25) is 0 Å². The number of phenols is 2. The molecule has 2 N–H and O–H groups in total. The average Bonchev–Trinajstić information content (AvgIpc) is 2.38.